The summed E-state index contributed by atoms with van der Waals surface area (Å²) in [4.78, 5) is 152. The zero-order chi connectivity index (χ0) is 71.3. The number of rotatable bonds is 31. The zero-order valence-corrected chi connectivity index (χ0v) is 59.2. The molecular formula is C66H86Cl2N13O15PS. The lowest BCUT2D eigenvalue weighted by Gasteiger charge is -2.69. The second kappa shape index (κ2) is 31.0. The number of hydrogen-bond donors (Lipinski definition) is 11. The Kier molecular flexibility index (Phi) is 23.5. The van der Waals surface area contributed by atoms with E-state index in [9.17, 15) is 57.5 Å². The molecule has 2 aliphatic heterocycles. The molecule has 2 aromatic heterocycles. The Labute approximate surface area is 582 Å². The second-order valence-corrected chi connectivity index (χ2v) is 28.7. The highest BCUT2D eigenvalue weighted by Gasteiger charge is 2.76. The Morgan fingerprint density at radius 3 is 1.81 bits per heavy atom. The molecule has 0 radical (unpaired) electrons. The number of benzene rings is 3. The number of esters is 1. The van der Waals surface area contributed by atoms with Gasteiger partial charge < -0.3 is 76.3 Å². The van der Waals surface area contributed by atoms with Crippen molar-refractivity contribution in [3.63, 3.8) is 0 Å². The van der Waals surface area contributed by atoms with E-state index >= 15 is 0 Å². The molecule has 10 rings (SSSR count). The lowest BCUT2D eigenvalue weighted by atomic mass is 9.34. The van der Waals surface area contributed by atoms with Crippen LogP contribution in [-0.4, -0.2) is 178 Å². The van der Waals surface area contributed by atoms with Crippen molar-refractivity contribution in [2.75, 3.05) is 86.8 Å². The number of phosphoric acid groups is 1. The topological polar surface area (TPSA) is 382 Å². The number of amides is 9. The number of hydrogen-bond acceptors (Lipinski definition) is 15. The van der Waals surface area contributed by atoms with Gasteiger partial charge in [0.2, 0.25) is 41.4 Å². The average molecular weight is 1440 g/mol. The number of urea groups is 1. The first-order valence-corrected chi connectivity index (χ1v) is 35.5. The summed E-state index contributed by atoms with van der Waals surface area (Å²) in [5.74, 6) is -3.47. The van der Waals surface area contributed by atoms with Crippen LogP contribution in [0.4, 0.5) is 21.9 Å². The van der Waals surface area contributed by atoms with Crippen molar-refractivity contribution < 1.29 is 71.5 Å². The number of ether oxygens (including phenoxy) is 2. The molecule has 28 nitrogen and oxygen atoms in total. The predicted molar refractivity (Wildman–Crippen MR) is 373 cm³/mol. The Bertz CT molecular complexity index is 3950. The molecule has 5 aromatic rings. The van der Waals surface area contributed by atoms with Crippen LogP contribution in [0.3, 0.4) is 0 Å². The van der Waals surface area contributed by atoms with Gasteiger partial charge >= 0.3 is 19.8 Å². The van der Waals surface area contributed by atoms with E-state index in [0.717, 1.165) is 27.6 Å². The number of phosphoric ester groups is 1. The number of nitrogens with two attached hydrogens (primary N) is 1. The number of anilines is 3. The van der Waals surface area contributed by atoms with Crippen molar-refractivity contribution in [1.29, 1.82) is 0 Å². The molecule has 5 atom stereocenters. The van der Waals surface area contributed by atoms with Gasteiger partial charge in [-0.2, -0.15) is 0 Å². The van der Waals surface area contributed by atoms with E-state index in [-0.39, 0.29) is 97.7 Å². The van der Waals surface area contributed by atoms with Gasteiger partial charge in [0, 0.05) is 125 Å². The van der Waals surface area contributed by atoms with Gasteiger partial charge in [-0.1, -0.05) is 26.0 Å². The van der Waals surface area contributed by atoms with E-state index in [1.165, 1.54) is 19.9 Å². The number of H-pyrrole nitrogens is 2. The predicted octanol–water partition coefficient (Wildman–Crippen LogP) is 6.04. The molecular weight excluding hydrogens is 1350 g/mol. The van der Waals surface area contributed by atoms with Crippen molar-refractivity contribution in [2.24, 2.45) is 22.5 Å². The van der Waals surface area contributed by atoms with E-state index in [0.29, 0.717) is 103 Å². The van der Waals surface area contributed by atoms with Gasteiger partial charge in [-0.3, -0.25) is 53.0 Å². The van der Waals surface area contributed by atoms with Crippen molar-refractivity contribution in [1.82, 2.24) is 46.4 Å². The summed E-state index contributed by atoms with van der Waals surface area (Å²) in [6, 6.07) is 5.88. The van der Waals surface area contributed by atoms with Crippen molar-refractivity contribution in [2.45, 2.75) is 129 Å². The monoisotopic (exact) mass is 1430 g/mol. The largest absolute Gasteiger partial charge is 0.524 e. The Morgan fingerprint density at radius 2 is 1.28 bits per heavy atom. The number of aromatic nitrogens is 2. The number of nitrogens with zero attached hydrogens (tertiary/aromatic N) is 4. The van der Waals surface area contributed by atoms with Crippen LogP contribution in [0, 0.1) is 30.6 Å². The number of aryl methyl sites for hydroxylation is 2. The molecule has 0 spiro atoms. The van der Waals surface area contributed by atoms with Gasteiger partial charge in [-0.15, -0.1) is 23.2 Å². The minimum Gasteiger partial charge on any atom is -0.460 e. The highest BCUT2D eigenvalue weighted by molar-refractivity contribution is 7.80. The third kappa shape index (κ3) is 16.6. The summed E-state index contributed by atoms with van der Waals surface area (Å²) in [7, 11) is -1.46. The Hall–Kier alpha value is -8.05. The summed E-state index contributed by atoms with van der Waals surface area (Å²) < 4.78 is 29.3. The Balaban J connectivity index is 0.766. The lowest BCUT2D eigenvalue weighted by Crippen LogP contribution is -2.73. The second-order valence-electron chi connectivity index (χ2n) is 26.6. The quantitative estimate of drug-likeness (QED) is 0.00792. The summed E-state index contributed by atoms with van der Waals surface area (Å²) in [6.45, 7) is 11.6. The number of alkyl halides is 2. The summed E-state index contributed by atoms with van der Waals surface area (Å²) in [6.07, 6.45) is 6.13. The number of likely N-dealkylation sites (N-methyl/N-ethyl adjacent to an activating group) is 2. The molecule has 2 bridgehead atoms. The number of carbonyl (C=O) groups excluding carboxylic acids is 9. The van der Waals surface area contributed by atoms with Gasteiger partial charge in [0.25, 0.3) is 5.17 Å². The fourth-order valence-corrected chi connectivity index (χ4v) is 14.9. The van der Waals surface area contributed by atoms with Crippen LogP contribution >= 0.6 is 43.2 Å². The first-order valence-electron chi connectivity index (χ1n) is 32.5. The van der Waals surface area contributed by atoms with E-state index in [1.54, 1.807) is 78.0 Å². The fourth-order valence-electron chi connectivity index (χ4n) is 13.9. The number of unbranched alkanes of at least 4 members (excludes halogenated alkanes) is 1. The van der Waals surface area contributed by atoms with Crippen LogP contribution in [0.25, 0.3) is 21.8 Å². The molecule has 32 heteroatoms. The molecule has 9 amide bonds. The molecule has 5 aliphatic rings. The van der Waals surface area contributed by atoms with E-state index < -0.39 is 78.3 Å². The van der Waals surface area contributed by atoms with Gasteiger partial charge in [-0.25, -0.2) is 9.36 Å². The molecule has 0 saturated heterocycles. The number of thiocarbonyl (C=S) groups is 1. The van der Waals surface area contributed by atoms with Crippen LogP contribution in [0.15, 0.2) is 48.8 Å². The number of primary amides is 1. The smallest absolute Gasteiger partial charge is 0.460 e. The molecule has 5 unspecified atom stereocenters. The van der Waals surface area contributed by atoms with Gasteiger partial charge in [0.05, 0.1) is 39.8 Å². The van der Waals surface area contributed by atoms with E-state index in [4.69, 9.17) is 55.2 Å². The number of nitrogens with one attached hydrogen (secondary N) is 8. The third-order valence-corrected chi connectivity index (χ3v) is 20.3. The van der Waals surface area contributed by atoms with Crippen molar-refractivity contribution in [3.8, 4) is 11.5 Å². The van der Waals surface area contributed by atoms with Crippen LogP contribution in [-0.2, 0) is 54.3 Å². The number of carbonyl (C=O) groups is 9. The number of aromatic amines is 2. The molecule has 530 valence electrons. The maximum atomic E-state index is 15.0. The van der Waals surface area contributed by atoms with Crippen LogP contribution in [0.5, 0.6) is 11.5 Å². The number of fused-ring (bicyclic) bond motifs is 6. The molecule has 12 N–H and O–H groups in total. The van der Waals surface area contributed by atoms with Crippen LogP contribution in [0.2, 0.25) is 0 Å². The molecule has 3 saturated carbocycles. The minimum atomic E-state index is -4.98. The number of halogens is 2. The SMILES string of the molecule is CC(=O)NCCCCC(NC(C)=O)C(=O)NC(C(=O)NC(CCCNC(N)=O)C(=O)Nc1ccc(COC(=O)CN(C)CCN(C)C(=S)Oc2cc3c(c4c(C)c[nH]c24)C(CCl)CN3C(=O)C23CC(C(=O)N4CC(CCl)c5c4cc(OP(=O)(O)O)c4[nH]cc(C)c54)(C2)C3)cc1)C(C)C. The normalized spacial score (nSPS) is 19.1. The fraction of sp³-hybridized carbons (Fsp3) is 0.515. The summed E-state index contributed by atoms with van der Waals surface area (Å²) in [5.41, 5.74) is 10.2. The van der Waals surface area contributed by atoms with Gasteiger partial charge in [0.1, 0.15) is 24.7 Å². The minimum absolute atomic E-state index is 0.0680. The van der Waals surface area contributed by atoms with Crippen molar-refractivity contribution >= 4 is 141 Å². The van der Waals surface area contributed by atoms with Crippen LogP contribution in [0.1, 0.15) is 119 Å². The first-order chi connectivity index (χ1) is 46.4. The first kappa shape index (κ1) is 74.2. The average Bonchev–Trinajstić information content (AvgIpc) is 0.970. The third-order valence-electron chi connectivity index (χ3n) is 18.7. The summed E-state index contributed by atoms with van der Waals surface area (Å²) >= 11 is 19.1. The van der Waals surface area contributed by atoms with Gasteiger partial charge in [0.15, 0.2) is 11.5 Å². The Morgan fingerprint density at radius 1 is 0.735 bits per heavy atom. The highest BCUT2D eigenvalue weighted by Crippen LogP contribution is 2.75. The maximum absolute atomic E-state index is 15.0. The van der Waals surface area contributed by atoms with E-state index in [2.05, 4.69) is 41.9 Å². The molecule has 3 fully saturated rings. The maximum Gasteiger partial charge on any atom is 0.524 e. The summed E-state index contributed by atoms with van der Waals surface area (Å²) in [5, 5.41) is 17.7. The highest BCUT2D eigenvalue weighted by atomic mass is 35.5. The lowest BCUT2D eigenvalue weighted by molar-refractivity contribution is -0.205. The zero-order valence-electron chi connectivity index (χ0n) is 56.0. The van der Waals surface area contributed by atoms with E-state index in [1.807, 2.05) is 26.1 Å². The van der Waals surface area contributed by atoms with Crippen LogP contribution < -0.4 is 56.7 Å². The molecule has 98 heavy (non-hydrogen) atoms. The molecule has 3 aromatic carbocycles. The van der Waals surface area contributed by atoms with Gasteiger partial charge in [-0.05, 0) is 130 Å². The molecule has 3 aliphatic carbocycles. The molecule has 4 heterocycles. The standard InChI is InChI=1S/C66H86Cl2N13O15PS/c1-35(2)55(77-59(86)44(74-39(6)83)12-9-10-18-70-38(5)82)60(87)76-45(13-11-19-71-63(69)90)58(85)75-43-16-14-40(15-17-43)31-94-50(84)30-78(7)20-21-79(8)64(98)95-48-22-46-53(51-36(3)26-72-56(48)51)41(24-67)28-80(46)61(88)65-32-66(33-65,34-65)62(89)81-29-42(25-68)54-47(81)23-49(96-97(91,92)93)57-52(54)37(4)27-73-57/h14-17,22-23,26-27,35,41-42,44-45,55,72-73H,9-13,18-21,24-25,28-34H2,1-8H3,(H,70,82)(H,74,83)(H,75,85)(H,76,87)(H,77,86)(H3,69,71,90)(H2,91,92,93). The van der Waals surface area contributed by atoms with Crippen molar-refractivity contribution in [3.05, 3.63) is 76.6 Å².